The lowest BCUT2D eigenvalue weighted by atomic mass is 10.2. The van der Waals surface area contributed by atoms with Crippen molar-refractivity contribution < 1.29 is 28.0 Å². The van der Waals surface area contributed by atoms with E-state index in [-0.39, 0.29) is 17.3 Å². The number of hydrogen-bond donors (Lipinski definition) is 2. The molecule has 2 N–H and O–H groups in total. The summed E-state index contributed by atoms with van der Waals surface area (Å²) < 4.78 is 30.8. The fraction of sp³-hybridized carbons (Fsp3) is 0.176. The quantitative estimate of drug-likeness (QED) is 0.226. The summed E-state index contributed by atoms with van der Waals surface area (Å²) in [5.41, 5.74) is 0.189. The fourth-order valence-corrected chi connectivity index (χ4v) is 2.28. The molecule has 0 aliphatic rings. The molecular weight excluding hydrogens is 400 g/mol. The Kier molecular flexibility index (Phi) is 7.21. The van der Waals surface area contributed by atoms with Crippen molar-refractivity contribution in [2.75, 3.05) is 25.0 Å². The first kappa shape index (κ1) is 21.0. The molecule has 0 saturated carbocycles. The highest BCUT2D eigenvalue weighted by Gasteiger charge is 2.17. The molecule has 8 nitrogen and oxygen atoms in total. The van der Waals surface area contributed by atoms with Crippen LogP contribution in [0, 0.1) is 21.7 Å². The molecule has 0 spiro atoms. The van der Waals surface area contributed by atoms with Crippen molar-refractivity contribution in [2.24, 2.45) is 0 Å². The summed E-state index contributed by atoms with van der Waals surface area (Å²) in [5, 5.41) is 15.6. The summed E-state index contributed by atoms with van der Waals surface area (Å²) >= 11 is 5.65. The van der Waals surface area contributed by atoms with Gasteiger partial charge in [-0.05, 0) is 24.3 Å². The lowest BCUT2D eigenvalue weighted by molar-refractivity contribution is -0.384. The highest BCUT2D eigenvalue weighted by Crippen LogP contribution is 2.20. The molecule has 0 fully saturated rings. The summed E-state index contributed by atoms with van der Waals surface area (Å²) in [4.78, 5) is 33.5. The van der Waals surface area contributed by atoms with Crippen molar-refractivity contribution in [3.8, 4) is 0 Å². The molecule has 11 heteroatoms. The van der Waals surface area contributed by atoms with Crippen LogP contribution in [0.1, 0.15) is 10.4 Å². The number of nitrogens with zero attached hydrogens (tertiary/aromatic N) is 1. The molecule has 0 radical (unpaired) electrons. The van der Waals surface area contributed by atoms with Crippen molar-refractivity contribution in [3.63, 3.8) is 0 Å². The third kappa shape index (κ3) is 5.88. The Balaban J connectivity index is 1.72. The van der Waals surface area contributed by atoms with Gasteiger partial charge in [0.1, 0.15) is 0 Å². The van der Waals surface area contributed by atoms with E-state index in [1.54, 1.807) is 0 Å². The number of carbonyl (C=O) groups excluding carboxylic acids is 2. The SMILES string of the molecule is O=C(COC(=O)c1cc(F)c(F)cc1Cl)NCCNc1ccc([N+](=O)[O-])cc1. The molecule has 2 aromatic carbocycles. The lowest BCUT2D eigenvalue weighted by Gasteiger charge is -2.09. The van der Waals surface area contributed by atoms with Crippen LogP contribution in [0.15, 0.2) is 36.4 Å². The number of benzene rings is 2. The second kappa shape index (κ2) is 9.60. The number of nitro benzene ring substituents is 1. The molecule has 0 atom stereocenters. The number of hydrogen-bond acceptors (Lipinski definition) is 6. The van der Waals surface area contributed by atoms with Gasteiger partial charge >= 0.3 is 5.97 Å². The van der Waals surface area contributed by atoms with E-state index in [1.807, 2.05) is 0 Å². The predicted octanol–water partition coefficient (Wildman–Crippen LogP) is 2.91. The maximum atomic E-state index is 13.2. The van der Waals surface area contributed by atoms with Gasteiger partial charge in [-0.3, -0.25) is 14.9 Å². The van der Waals surface area contributed by atoms with Gasteiger partial charge in [-0.1, -0.05) is 11.6 Å². The Labute approximate surface area is 162 Å². The van der Waals surface area contributed by atoms with E-state index in [1.165, 1.54) is 24.3 Å². The highest BCUT2D eigenvalue weighted by molar-refractivity contribution is 6.33. The van der Waals surface area contributed by atoms with Gasteiger partial charge in [0, 0.05) is 30.9 Å². The number of esters is 1. The lowest BCUT2D eigenvalue weighted by Crippen LogP contribution is -2.32. The number of carbonyl (C=O) groups is 2. The summed E-state index contributed by atoms with van der Waals surface area (Å²) in [7, 11) is 0. The molecule has 0 bridgehead atoms. The van der Waals surface area contributed by atoms with Gasteiger partial charge in [0.15, 0.2) is 18.2 Å². The van der Waals surface area contributed by atoms with Crippen LogP contribution < -0.4 is 10.6 Å². The number of halogens is 3. The third-order valence-corrected chi connectivity index (χ3v) is 3.73. The second-order valence-corrected chi connectivity index (χ2v) is 5.81. The van der Waals surface area contributed by atoms with E-state index in [4.69, 9.17) is 16.3 Å². The van der Waals surface area contributed by atoms with Crippen molar-refractivity contribution in [3.05, 3.63) is 68.7 Å². The van der Waals surface area contributed by atoms with Crippen LogP contribution in [0.5, 0.6) is 0 Å². The fourth-order valence-electron chi connectivity index (χ4n) is 2.05. The smallest absolute Gasteiger partial charge is 0.340 e. The highest BCUT2D eigenvalue weighted by atomic mass is 35.5. The molecule has 0 unspecified atom stereocenters. The van der Waals surface area contributed by atoms with Crippen LogP contribution in [-0.4, -0.2) is 36.5 Å². The first-order chi connectivity index (χ1) is 13.3. The Bertz CT molecular complexity index is 893. The van der Waals surface area contributed by atoms with E-state index in [0.29, 0.717) is 24.4 Å². The summed E-state index contributed by atoms with van der Waals surface area (Å²) in [5.74, 6) is -4.15. The van der Waals surface area contributed by atoms with E-state index in [0.717, 1.165) is 0 Å². The van der Waals surface area contributed by atoms with Gasteiger partial charge in [-0.15, -0.1) is 0 Å². The minimum Gasteiger partial charge on any atom is -0.452 e. The second-order valence-electron chi connectivity index (χ2n) is 5.40. The molecule has 148 valence electrons. The molecule has 28 heavy (non-hydrogen) atoms. The van der Waals surface area contributed by atoms with Crippen LogP contribution in [-0.2, 0) is 9.53 Å². The third-order valence-electron chi connectivity index (χ3n) is 3.42. The Hall–Kier alpha value is -3.27. The standard InChI is InChI=1S/C17H14ClF2N3O5/c18-13-8-15(20)14(19)7-12(13)17(25)28-9-16(24)22-6-5-21-10-1-3-11(4-2-10)23(26)27/h1-4,7-8,21H,5-6,9H2,(H,22,24). The zero-order chi connectivity index (χ0) is 20.7. The number of rotatable bonds is 8. The minimum absolute atomic E-state index is 0.0400. The monoisotopic (exact) mass is 413 g/mol. The predicted molar refractivity (Wildman–Crippen MR) is 96.2 cm³/mol. The molecule has 0 saturated heterocycles. The normalized spacial score (nSPS) is 10.2. The zero-order valence-electron chi connectivity index (χ0n) is 14.2. The van der Waals surface area contributed by atoms with Gasteiger partial charge in [-0.25, -0.2) is 13.6 Å². The minimum atomic E-state index is -1.27. The number of ether oxygens (including phenoxy) is 1. The van der Waals surface area contributed by atoms with E-state index in [2.05, 4.69) is 10.6 Å². The summed E-state index contributed by atoms with van der Waals surface area (Å²) in [6.45, 7) is -0.141. The maximum absolute atomic E-state index is 13.2. The molecule has 0 heterocycles. The van der Waals surface area contributed by atoms with Crippen molar-refractivity contribution in [1.29, 1.82) is 0 Å². The van der Waals surface area contributed by atoms with Crippen LogP contribution in [0.2, 0.25) is 5.02 Å². The number of non-ortho nitro benzene ring substituents is 1. The van der Waals surface area contributed by atoms with Crippen LogP contribution in [0.4, 0.5) is 20.2 Å². The molecule has 0 aliphatic carbocycles. The summed E-state index contributed by atoms with van der Waals surface area (Å²) in [6, 6.07) is 6.94. The first-order valence-corrected chi connectivity index (χ1v) is 8.22. The van der Waals surface area contributed by atoms with Gasteiger partial charge in [-0.2, -0.15) is 0 Å². The molecule has 1 amide bonds. The Morgan fingerprint density at radius 2 is 1.75 bits per heavy atom. The Morgan fingerprint density at radius 1 is 1.11 bits per heavy atom. The van der Waals surface area contributed by atoms with Gasteiger partial charge < -0.3 is 15.4 Å². The zero-order valence-corrected chi connectivity index (χ0v) is 15.0. The average molecular weight is 414 g/mol. The van der Waals surface area contributed by atoms with Gasteiger partial charge in [0.25, 0.3) is 11.6 Å². The first-order valence-electron chi connectivity index (χ1n) is 7.84. The van der Waals surface area contributed by atoms with Crippen molar-refractivity contribution >= 4 is 34.9 Å². The number of nitrogens with one attached hydrogen (secondary N) is 2. The van der Waals surface area contributed by atoms with E-state index < -0.39 is 40.6 Å². The van der Waals surface area contributed by atoms with E-state index >= 15 is 0 Å². The number of amides is 1. The molecule has 0 aliphatic heterocycles. The van der Waals surface area contributed by atoms with Crippen molar-refractivity contribution in [2.45, 2.75) is 0 Å². The molecular formula is C17H14ClF2N3O5. The van der Waals surface area contributed by atoms with Crippen molar-refractivity contribution in [1.82, 2.24) is 5.32 Å². The van der Waals surface area contributed by atoms with E-state index in [9.17, 15) is 28.5 Å². The maximum Gasteiger partial charge on any atom is 0.340 e. The average Bonchev–Trinajstić information content (AvgIpc) is 2.66. The molecule has 2 aromatic rings. The topological polar surface area (TPSA) is 111 Å². The van der Waals surface area contributed by atoms with Crippen LogP contribution in [0.25, 0.3) is 0 Å². The van der Waals surface area contributed by atoms with Crippen LogP contribution in [0.3, 0.4) is 0 Å². The molecule has 0 aromatic heterocycles. The largest absolute Gasteiger partial charge is 0.452 e. The summed E-state index contributed by atoms with van der Waals surface area (Å²) in [6.07, 6.45) is 0. The molecule has 2 rings (SSSR count). The van der Waals surface area contributed by atoms with Crippen LogP contribution >= 0.6 is 11.6 Å². The van der Waals surface area contributed by atoms with Gasteiger partial charge in [0.2, 0.25) is 0 Å². The number of nitro groups is 1. The van der Waals surface area contributed by atoms with Gasteiger partial charge in [0.05, 0.1) is 15.5 Å². The number of anilines is 1. The Morgan fingerprint density at radius 3 is 2.39 bits per heavy atom.